The fourth-order valence-electron chi connectivity index (χ4n) is 2.55. The molecule has 7 nitrogen and oxygen atoms in total. The molecule has 1 N–H and O–H groups in total. The van der Waals surface area contributed by atoms with Crippen LogP contribution in [0.1, 0.15) is 30.7 Å². The Hall–Kier alpha value is -2.67. The number of carbonyl (C=O) groups excluding carboxylic acids is 1. The number of esters is 1. The second-order valence-electron chi connectivity index (χ2n) is 5.51. The van der Waals surface area contributed by atoms with Crippen molar-refractivity contribution >= 4 is 5.97 Å². The maximum Gasteiger partial charge on any atom is 0.330 e. The van der Waals surface area contributed by atoms with Gasteiger partial charge in [-0.1, -0.05) is 37.3 Å². The predicted octanol–water partition coefficient (Wildman–Crippen LogP) is 1.23. The van der Waals surface area contributed by atoms with Gasteiger partial charge in [-0.25, -0.2) is 4.79 Å². The van der Waals surface area contributed by atoms with Crippen molar-refractivity contribution in [3.63, 3.8) is 0 Å². The number of aromatic amines is 1. The quantitative estimate of drug-likeness (QED) is 0.573. The number of ether oxygens (including phenoxy) is 2. The van der Waals surface area contributed by atoms with Gasteiger partial charge in [0.15, 0.2) is 0 Å². The number of carbonyl (C=O) groups is 1. The molecule has 0 bridgehead atoms. The molecule has 25 heavy (non-hydrogen) atoms. The summed E-state index contributed by atoms with van der Waals surface area (Å²) in [4.78, 5) is 37.4. The van der Waals surface area contributed by atoms with Crippen molar-refractivity contribution in [2.45, 2.75) is 33.4 Å². The van der Waals surface area contributed by atoms with Gasteiger partial charge >= 0.3 is 11.7 Å². The van der Waals surface area contributed by atoms with E-state index in [0.29, 0.717) is 24.1 Å². The molecular weight excluding hydrogens is 324 g/mol. The van der Waals surface area contributed by atoms with Crippen LogP contribution in [-0.4, -0.2) is 28.7 Å². The van der Waals surface area contributed by atoms with Crippen molar-refractivity contribution in [2.24, 2.45) is 0 Å². The number of nitrogens with one attached hydrogen (secondary N) is 1. The normalized spacial score (nSPS) is 10.6. The first-order chi connectivity index (χ1) is 12.0. The number of hydrogen-bond donors (Lipinski definition) is 1. The number of nitrogens with zero attached hydrogens (tertiary/aromatic N) is 1. The Morgan fingerprint density at radius 1 is 1.16 bits per heavy atom. The van der Waals surface area contributed by atoms with Crippen LogP contribution in [0, 0.1) is 0 Å². The van der Waals surface area contributed by atoms with Crippen molar-refractivity contribution in [2.75, 3.05) is 13.2 Å². The Labute approximate surface area is 145 Å². The van der Waals surface area contributed by atoms with Crippen molar-refractivity contribution in [1.29, 1.82) is 0 Å². The Bertz CT molecular complexity index is 824. The maximum atomic E-state index is 12.2. The lowest BCUT2D eigenvalue weighted by molar-refractivity contribution is -0.142. The molecule has 0 atom stereocenters. The van der Waals surface area contributed by atoms with Gasteiger partial charge in [0.05, 0.1) is 6.61 Å². The Kier molecular flexibility index (Phi) is 6.71. The van der Waals surface area contributed by atoms with Crippen molar-refractivity contribution in [3.05, 3.63) is 68.0 Å². The summed E-state index contributed by atoms with van der Waals surface area (Å²) in [7, 11) is 0. The van der Waals surface area contributed by atoms with Gasteiger partial charge in [0.25, 0.3) is 5.56 Å². The molecule has 1 heterocycles. The van der Waals surface area contributed by atoms with E-state index in [2.05, 4.69) is 4.98 Å². The number of benzene rings is 1. The number of rotatable bonds is 8. The third-order valence-electron chi connectivity index (χ3n) is 3.74. The number of H-pyrrole nitrogens is 1. The molecule has 1 aromatic heterocycles. The van der Waals surface area contributed by atoms with Gasteiger partial charge in [0.2, 0.25) is 0 Å². The van der Waals surface area contributed by atoms with E-state index in [1.807, 2.05) is 37.3 Å². The standard InChI is InChI=1S/C18H22N2O5/c1-3-15-16(11-14-7-5-4-6-8-14)20(18(23)19-17(15)22)12-24-9-10-25-13(2)21/h4-8H,3,9-12H2,1-2H3,(H,19,22,23). The van der Waals surface area contributed by atoms with Crippen LogP contribution in [0.4, 0.5) is 0 Å². The molecule has 0 amide bonds. The van der Waals surface area contributed by atoms with Crippen molar-refractivity contribution < 1.29 is 14.3 Å². The molecule has 0 radical (unpaired) electrons. The average molecular weight is 346 g/mol. The van der Waals surface area contributed by atoms with E-state index in [1.54, 1.807) is 0 Å². The summed E-state index contributed by atoms with van der Waals surface area (Å²) in [5, 5.41) is 0. The summed E-state index contributed by atoms with van der Waals surface area (Å²) in [5.41, 5.74) is 1.31. The van der Waals surface area contributed by atoms with Crippen molar-refractivity contribution in [3.8, 4) is 0 Å². The molecule has 0 unspecified atom stereocenters. The van der Waals surface area contributed by atoms with Gasteiger partial charge in [-0.3, -0.25) is 19.1 Å². The SMILES string of the molecule is CCc1c(Cc2ccccc2)n(COCCOC(C)=O)c(=O)[nH]c1=O. The molecule has 0 spiro atoms. The van der Waals surface area contributed by atoms with Crippen LogP contribution in [0.5, 0.6) is 0 Å². The van der Waals surface area contributed by atoms with Crippen LogP contribution >= 0.6 is 0 Å². The molecule has 0 saturated carbocycles. The lowest BCUT2D eigenvalue weighted by Crippen LogP contribution is -2.36. The molecule has 0 aliphatic rings. The van der Waals surface area contributed by atoms with Crippen LogP contribution in [0.15, 0.2) is 39.9 Å². The Morgan fingerprint density at radius 2 is 1.88 bits per heavy atom. The molecule has 2 aromatic rings. The van der Waals surface area contributed by atoms with Gasteiger partial charge in [0, 0.05) is 24.6 Å². The van der Waals surface area contributed by atoms with Gasteiger partial charge in [-0.2, -0.15) is 0 Å². The summed E-state index contributed by atoms with van der Waals surface area (Å²) >= 11 is 0. The third-order valence-corrected chi connectivity index (χ3v) is 3.74. The summed E-state index contributed by atoms with van der Waals surface area (Å²) in [6.45, 7) is 3.44. The zero-order valence-electron chi connectivity index (χ0n) is 14.4. The maximum absolute atomic E-state index is 12.2. The van der Waals surface area contributed by atoms with Crippen LogP contribution in [-0.2, 0) is 33.8 Å². The first-order valence-corrected chi connectivity index (χ1v) is 8.12. The summed E-state index contributed by atoms with van der Waals surface area (Å²) < 4.78 is 11.6. The minimum Gasteiger partial charge on any atom is -0.463 e. The van der Waals surface area contributed by atoms with E-state index in [1.165, 1.54) is 11.5 Å². The number of hydrogen-bond acceptors (Lipinski definition) is 5. The fourth-order valence-corrected chi connectivity index (χ4v) is 2.55. The molecule has 0 aliphatic heterocycles. The smallest absolute Gasteiger partial charge is 0.330 e. The third kappa shape index (κ3) is 5.15. The van der Waals surface area contributed by atoms with Crippen LogP contribution < -0.4 is 11.2 Å². The van der Waals surface area contributed by atoms with Gasteiger partial charge in [-0.05, 0) is 12.0 Å². The fraction of sp³-hybridized carbons (Fsp3) is 0.389. The Balaban J connectivity index is 2.26. The molecule has 0 aliphatic carbocycles. The number of aromatic nitrogens is 2. The molecule has 2 rings (SSSR count). The predicted molar refractivity (Wildman–Crippen MR) is 92.5 cm³/mol. The highest BCUT2D eigenvalue weighted by Gasteiger charge is 2.14. The highest BCUT2D eigenvalue weighted by Crippen LogP contribution is 2.11. The van der Waals surface area contributed by atoms with Crippen molar-refractivity contribution in [1.82, 2.24) is 9.55 Å². The first-order valence-electron chi connectivity index (χ1n) is 8.12. The second-order valence-corrected chi connectivity index (χ2v) is 5.51. The van der Waals surface area contributed by atoms with Crippen LogP contribution in [0.2, 0.25) is 0 Å². The monoisotopic (exact) mass is 346 g/mol. The second kappa shape index (κ2) is 8.98. The molecular formula is C18H22N2O5. The van der Waals surface area contributed by atoms with E-state index in [0.717, 1.165) is 5.56 Å². The molecule has 134 valence electrons. The van der Waals surface area contributed by atoms with Gasteiger partial charge in [-0.15, -0.1) is 0 Å². The topological polar surface area (TPSA) is 90.4 Å². The first kappa shape index (κ1) is 18.7. The highest BCUT2D eigenvalue weighted by atomic mass is 16.6. The average Bonchev–Trinajstić information content (AvgIpc) is 2.57. The summed E-state index contributed by atoms with van der Waals surface area (Å²) in [5.74, 6) is -0.386. The summed E-state index contributed by atoms with van der Waals surface area (Å²) in [6.07, 6.45) is 0.960. The highest BCUT2D eigenvalue weighted by molar-refractivity contribution is 5.65. The lowest BCUT2D eigenvalue weighted by Gasteiger charge is -2.16. The van der Waals surface area contributed by atoms with E-state index in [-0.39, 0.29) is 31.5 Å². The van der Waals surface area contributed by atoms with Crippen LogP contribution in [0.25, 0.3) is 0 Å². The minimum atomic E-state index is -0.513. The largest absolute Gasteiger partial charge is 0.463 e. The molecule has 0 fully saturated rings. The van der Waals surface area contributed by atoms with E-state index in [4.69, 9.17) is 9.47 Å². The zero-order chi connectivity index (χ0) is 18.2. The van der Waals surface area contributed by atoms with Gasteiger partial charge < -0.3 is 9.47 Å². The lowest BCUT2D eigenvalue weighted by atomic mass is 10.0. The molecule has 7 heteroatoms. The van der Waals surface area contributed by atoms with Crippen LogP contribution in [0.3, 0.4) is 0 Å². The zero-order valence-corrected chi connectivity index (χ0v) is 14.4. The Morgan fingerprint density at radius 3 is 2.52 bits per heavy atom. The van der Waals surface area contributed by atoms with E-state index in [9.17, 15) is 14.4 Å². The summed E-state index contributed by atoms with van der Waals surface area (Å²) in [6, 6.07) is 9.61. The van der Waals surface area contributed by atoms with E-state index < -0.39 is 5.69 Å². The van der Waals surface area contributed by atoms with Gasteiger partial charge in [0.1, 0.15) is 13.3 Å². The van der Waals surface area contributed by atoms with E-state index >= 15 is 0 Å². The molecule has 0 saturated heterocycles. The minimum absolute atomic E-state index is 0.0218. The molecule has 1 aromatic carbocycles.